The lowest BCUT2D eigenvalue weighted by molar-refractivity contribution is -0.134. The molecule has 0 aliphatic carbocycles. The lowest BCUT2D eigenvalue weighted by Gasteiger charge is -2.25. The van der Waals surface area contributed by atoms with Gasteiger partial charge in [0.1, 0.15) is 23.3 Å². The molecule has 0 atom stereocenters. The zero-order chi connectivity index (χ0) is 35.1. The van der Waals surface area contributed by atoms with E-state index < -0.39 is 5.60 Å². The molecule has 250 valence electrons. The van der Waals surface area contributed by atoms with Crippen LogP contribution in [0.2, 0.25) is 0 Å². The first-order valence-electron chi connectivity index (χ1n) is 15.3. The molecular weight excluding hydrogens is 626 g/mol. The summed E-state index contributed by atoms with van der Waals surface area (Å²) in [7, 11) is 0. The van der Waals surface area contributed by atoms with Crippen molar-refractivity contribution in [2.45, 2.75) is 33.3 Å². The molecule has 0 aliphatic rings. The second-order valence-electron chi connectivity index (χ2n) is 11.5. The third-order valence-corrected chi connectivity index (χ3v) is 7.35. The van der Waals surface area contributed by atoms with E-state index in [1.54, 1.807) is 97.4 Å². The van der Waals surface area contributed by atoms with Crippen molar-refractivity contribution in [2.24, 2.45) is 0 Å². The van der Waals surface area contributed by atoms with Crippen molar-refractivity contribution < 1.29 is 29.0 Å². The molecule has 3 aromatic carbocycles. The van der Waals surface area contributed by atoms with Crippen molar-refractivity contribution in [3.8, 4) is 23.3 Å². The summed E-state index contributed by atoms with van der Waals surface area (Å²) < 4.78 is 13.5. The Kier molecular flexibility index (Phi) is 10.1. The molecular formula is C36H35N7O6. The number of carbonyl (C=O) groups excluding carboxylic acids is 3. The maximum Gasteiger partial charge on any atom is 0.263 e. The van der Waals surface area contributed by atoms with Crippen molar-refractivity contribution in [3.05, 3.63) is 102 Å². The zero-order valence-corrected chi connectivity index (χ0v) is 27.3. The van der Waals surface area contributed by atoms with Gasteiger partial charge in [-0.2, -0.15) is 10.4 Å². The van der Waals surface area contributed by atoms with Crippen molar-refractivity contribution >= 4 is 46.0 Å². The first kappa shape index (κ1) is 34.0. The van der Waals surface area contributed by atoms with E-state index in [2.05, 4.69) is 32.4 Å². The third-order valence-electron chi connectivity index (χ3n) is 7.35. The van der Waals surface area contributed by atoms with E-state index in [4.69, 9.17) is 14.6 Å². The fourth-order valence-electron chi connectivity index (χ4n) is 4.97. The first-order chi connectivity index (χ1) is 23.5. The van der Waals surface area contributed by atoms with Gasteiger partial charge >= 0.3 is 0 Å². The van der Waals surface area contributed by atoms with Crippen LogP contribution in [0.25, 0.3) is 5.52 Å². The SMILES string of the molecule is CC(=O)Nc1cccc(C(=O)Nc2cn3ncc(C#N)c(Nc4ccc(Oc5cccc(OC(C)(C)C(=O)NCCO)c5)cc4)c3c2C)c1. The summed E-state index contributed by atoms with van der Waals surface area (Å²) in [4.78, 5) is 37.0. The second kappa shape index (κ2) is 14.6. The van der Waals surface area contributed by atoms with Gasteiger partial charge in [0.15, 0.2) is 5.60 Å². The number of aromatic nitrogens is 2. The molecule has 49 heavy (non-hydrogen) atoms. The van der Waals surface area contributed by atoms with Crippen LogP contribution in [0, 0.1) is 18.3 Å². The van der Waals surface area contributed by atoms with Gasteiger partial charge in [-0.25, -0.2) is 4.52 Å². The largest absolute Gasteiger partial charge is 0.478 e. The molecule has 0 fully saturated rings. The van der Waals surface area contributed by atoms with Crippen molar-refractivity contribution in [2.75, 3.05) is 29.1 Å². The minimum atomic E-state index is -1.17. The number of fused-ring (bicyclic) bond motifs is 1. The van der Waals surface area contributed by atoms with Crippen LogP contribution in [0.4, 0.5) is 22.7 Å². The Morgan fingerprint density at radius 3 is 2.41 bits per heavy atom. The minimum absolute atomic E-state index is 0.131. The molecule has 5 aromatic rings. The molecule has 5 rings (SSSR count). The maximum absolute atomic E-state index is 13.1. The predicted molar refractivity (Wildman–Crippen MR) is 184 cm³/mol. The van der Waals surface area contributed by atoms with E-state index in [1.165, 1.54) is 13.1 Å². The number of benzene rings is 3. The molecule has 0 unspecified atom stereocenters. The number of nitrogens with one attached hydrogen (secondary N) is 4. The van der Waals surface area contributed by atoms with Crippen LogP contribution in [0.3, 0.4) is 0 Å². The monoisotopic (exact) mass is 661 g/mol. The van der Waals surface area contributed by atoms with Crippen LogP contribution < -0.4 is 30.7 Å². The average molecular weight is 662 g/mol. The Balaban J connectivity index is 1.32. The maximum atomic E-state index is 13.1. The fourth-order valence-corrected chi connectivity index (χ4v) is 4.97. The van der Waals surface area contributed by atoms with Crippen LogP contribution in [-0.2, 0) is 9.59 Å². The summed E-state index contributed by atoms with van der Waals surface area (Å²) >= 11 is 0. The average Bonchev–Trinajstić information content (AvgIpc) is 3.39. The third kappa shape index (κ3) is 8.13. The van der Waals surface area contributed by atoms with Gasteiger partial charge in [0.2, 0.25) is 5.91 Å². The molecule has 13 heteroatoms. The number of nitrogens with zero attached hydrogens (tertiary/aromatic N) is 3. The Bertz CT molecular complexity index is 2070. The van der Waals surface area contributed by atoms with E-state index in [9.17, 15) is 19.6 Å². The van der Waals surface area contributed by atoms with Gasteiger partial charge < -0.3 is 35.8 Å². The number of amides is 3. The van der Waals surface area contributed by atoms with E-state index in [1.807, 2.05) is 6.92 Å². The Labute approximate surface area is 282 Å². The summed E-state index contributed by atoms with van der Waals surface area (Å²) in [5.74, 6) is 0.489. The van der Waals surface area contributed by atoms with Crippen LogP contribution in [0.1, 0.15) is 42.3 Å². The standard InChI is InChI=1S/C36H35N7O6/c1-22-31(42-34(46)24-7-5-8-27(17-24)40-23(2)45)21-43-33(22)32(25(19-37)20-39-43)41-26-11-13-28(14-12-26)48-29-9-6-10-30(18-29)49-36(3,4)35(47)38-15-16-44/h5-14,17-18,20-21,41,44H,15-16H2,1-4H3,(H,38,47)(H,40,45)(H,42,46). The van der Waals surface area contributed by atoms with E-state index >= 15 is 0 Å². The Morgan fingerprint density at radius 1 is 0.959 bits per heavy atom. The number of ether oxygens (including phenoxy) is 2. The number of aliphatic hydroxyl groups excluding tert-OH is 1. The molecule has 0 aliphatic heterocycles. The topological polar surface area (TPSA) is 179 Å². The lowest BCUT2D eigenvalue weighted by Crippen LogP contribution is -2.47. The number of anilines is 4. The highest BCUT2D eigenvalue weighted by Crippen LogP contribution is 2.34. The summed E-state index contributed by atoms with van der Waals surface area (Å²) in [6.07, 6.45) is 3.12. The molecule has 2 heterocycles. The number of hydrogen-bond acceptors (Lipinski definition) is 9. The van der Waals surface area contributed by atoms with E-state index in [0.29, 0.717) is 62.2 Å². The second-order valence-corrected chi connectivity index (χ2v) is 11.5. The zero-order valence-electron chi connectivity index (χ0n) is 27.3. The van der Waals surface area contributed by atoms with Crippen LogP contribution in [0.5, 0.6) is 17.2 Å². The minimum Gasteiger partial charge on any atom is -0.478 e. The number of rotatable bonds is 12. The van der Waals surface area contributed by atoms with Gasteiger partial charge in [-0.05, 0) is 75.4 Å². The van der Waals surface area contributed by atoms with Gasteiger partial charge in [0, 0.05) is 42.0 Å². The van der Waals surface area contributed by atoms with Crippen LogP contribution in [0.15, 0.2) is 85.2 Å². The van der Waals surface area contributed by atoms with Crippen molar-refractivity contribution in [1.29, 1.82) is 5.26 Å². The number of nitriles is 1. The first-order valence-corrected chi connectivity index (χ1v) is 15.3. The highest BCUT2D eigenvalue weighted by Gasteiger charge is 2.29. The molecule has 2 aromatic heterocycles. The quantitative estimate of drug-likeness (QED) is 0.115. The lowest BCUT2D eigenvalue weighted by atomic mass is 10.1. The van der Waals surface area contributed by atoms with Gasteiger partial charge in [-0.15, -0.1) is 0 Å². The number of carbonyl (C=O) groups is 3. The van der Waals surface area contributed by atoms with E-state index in [-0.39, 0.29) is 30.9 Å². The number of aryl methyl sites for hydroxylation is 1. The number of hydrogen-bond donors (Lipinski definition) is 5. The molecule has 5 N–H and O–H groups in total. The van der Waals surface area contributed by atoms with Crippen LogP contribution in [-0.4, -0.2) is 51.2 Å². The highest BCUT2D eigenvalue weighted by molar-refractivity contribution is 6.06. The predicted octanol–water partition coefficient (Wildman–Crippen LogP) is 5.53. The summed E-state index contributed by atoms with van der Waals surface area (Å²) in [6, 6.07) is 22.8. The van der Waals surface area contributed by atoms with Crippen LogP contribution >= 0.6 is 0 Å². The van der Waals surface area contributed by atoms with Gasteiger partial charge in [-0.3, -0.25) is 14.4 Å². The molecule has 0 radical (unpaired) electrons. The Hall–Kier alpha value is -6.39. The molecule has 0 saturated carbocycles. The summed E-state index contributed by atoms with van der Waals surface area (Å²) in [6.45, 7) is 6.45. The fraction of sp³-hybridized carbons (Fsp3) is 0.194. The molecule has 0 saturated heterocycles. The summed E-state index contributed by atoms with van der Waals surface area (Å²) in [5, 5.41) is 34.8. The molecule has 3 amide bonds. The highest BCUT2D eigenvalue weighted by atomic mass is 16.5. The molecule has 13 nitrogen and oxygen atoms in total. The van der Waals surface area contributed by atoms with Gasteiger partial charge in [0.05, 0.1) is 41.5 Å². The number of aliphatic hydroxyl groups is 1. The van der Waals surface area contributed by atoms with Crippen molar-refractivity contribution in [1.82, 2.24) is 14.9 Å². The van der Waals surface area contributed by atoms with E-state index in [0.717, 1.165) is 0 Å². The molecule has 0 spiro atoms. The smallest absolute Gasteiger partial charge is 0.263 e. The molecule has 0 bridgehead atoms. The normalized spacial score (nSPS) is 10.9. The summed E-state index contributed by atoms with van der Waals surface area (Å²) in [5.41, 5.74) is 2.97. The van der Waals surface area contributed by atoms with Gasteiger partial charge in [0.25, 0.3) is 11.8 Å². The van der Waals surface area contributed by atoms with Gasteiger partial charge in [-0.1, -0.05) is 12.1 Å². The van der Waals surface area contributed by atoms with Crippen molar-refractivity contribution in [3.63, 3.8) is 0 Å². The Morgan fingerprint density at radius 2 is 1.69 bits per heavy atom.